The summed E-state index contributed by atoms with van der Waals surface area (Å²) in [5.41, 5.74) is 0.303. The summed E-state index contributed by atoms with van der Waals surface area (Å²) in [7, 11) is 0. The van der Waals surface area contributed by atoms with Gasteiger partial charge in [0.1, 0.15) is 11.6 Å². The lowest BCUT2D eigenvalue weighted by atomic mass is 10.2. The molecule has 0 spiro atoms. The van der Waals surface area contributed by atoms with Crippen molar-refractivity contribution in [2.45, 2.75) is 31.1 Å². The summed E-state index contributed by atoms with van der Waals surface area (Å²) < 4.78 is 52.2. The van der Waals surface area contributed by atoms with E-state index >= 15 is 0 Å². The van der Waals surface area contributed by atoms with Crippen LogP contribution in [0.5, 0.6) is 0 Å². The van der Waals surface area contributed by atoms with Crippen LogP contribution in [0, 0.1) is 5.82 Å². The van der Waals surface area contributed by atoms with E-state index in [4.69, 9.17) is 0 Å². The van der Waals surface area contributed by atoms with Gasteiger partial charge in [-0.05, 0) is 31.0 Å². The second-order valence-electron chi connectivity index (χ2n) is 6.92. The summed E-state index contributed by atoms with van der Waals surface area (Å²) in [4.78, 5) is 12.2. The van der Waals surface area contributed by atoms with Gasteiger partial charge in [-0.2, -0.15) is 18.2 Å². The molecular weight excluding hydrogens is 362 g/mol. The smallest absolute Gasteiger partial charge is 0.338 e. The van der Waals surface area contributed by atoms with Crippen molar-refractivity contribution in [2.75, 3.05) is 29.9 Å². The standard InChI is InChI=1S/C18H19F4N5/c19-14-3-1-2-4-15(14)24-16-7-8-23-17(25-16)26-9-12-5-6-13(10-26)27(12)11-18(20,21)22/h1-4,7-8,12-13H,5-6,9-11H2,(H,23,24,25). The molecule has 1 aromatic carbocycles. The number of rotatable bonds is 4. The second-order valence-corrected chi connectivity index (χ2v) is 6.92. The van der Waals surface area contributed by atoms with Gasteiger partial charge in [0, 0.05) is 31.4 Å². The first-order valence-corrected chi connectivity index (χ1v) is 8.81. The molecule has 5 nitrogen and oxygen atoms in total. The molecule has 27 heavy (non-hydrogen) atoms. The van der Waals surface area contributed by atoms with Crippen LogP contribution in [0.1, 0.15) is 12.8 Å². The highest BCUT2D eigenvalue weighted by molar-refractivity contribution is 5.57. The fourth-order valence-electron chi connectivity index (χ4n) is 3.89. The van der Waals surface area contributed by atoms with Crippen molar-refractivity contribution in [1.29, 1.82) is 0 Å². The Morgan fingerprint density at radius 2 is 1.78 bits per heavy atom. The van der Waals surface area contributed by atoms with E-state index in [0.29, 0.717) is 30.5 Å². The van der Waals surface area contributed by atoms with E-state index < -0.39 is 18.5 Å². The molecule has 1 aromatic heterocycles. The fourth-order valence-corrected chi connectivity index (χ4v) is 3.89. The topological polar surface area (TPSA) is 44.3 Å². The Kier molecular flexibility index (Phi) is 4.63. The van der Waals surface area contributed by atoms with Gasteiger partial charge < -0.3 is 10.2 Å². The van der Waals surface area contributed by atoms with Crippen LogP contribution in [0.15, 0.2) is 36.5 Å². The van der Waals surface area contributed by atoms with Gasteiger partial charge in [0.15, 0.2) is 0 Å². The molecule has 2 bridgehead atoms. The number of aromatic nitrogens is 2. The first kappa shape index (κ1) is 18.0. The molecule has 0 saturated carbocycles. The van der Waals surface area contributed by atoms with E-state index in [2.05, 4.69) is 15.3 Å². The number of halogens is 4. The fraction of sp³-hybridized carbons (Fsp3) is 0.444. The maximum Gasteiger partial charge on any atom is 0.401 e. The van der Waals surface area contributed by atoms with Crippen molar-refractivity contribution in [1.82, 2.24) is 14.9 Å². The van der Waals surface area contributed by atoms with Crippen LogP contribution in [0.3, 0.4) is 0 Å². The van der Waals surface area contributed by atoms with Crippen molar-refractivity contribution >= 4 is 17.5 Å². The Balaban J connectivity index is 1.48. The predicted octanol–water partition coefficient (Wildman–Crippen LogP) is 3.57. The van der Waals surface area contributed by atoms with Gasteiger partial charge in [-0.15, -0.1) is 0 Å². The van der Waals surface area contributed by atoms with Crippen molar-refractivity contribution in [2.24, 2.45) is 0 Å². The van der Waals surface area contributed by atoms with Crippen molar-refractivity contribution < 1.29 is 17.6 Å². The predicted molar refractivity (Wildman–Crippen MR) is 93.5 cm³/mol. The average Bonchev–Trinajstić information content (AvgIpc) is 2.84. The quantitative estimate of drug-likeness (QED) is 0.821. The van der Waals surface area contributed by atoms with Gasteiger partial charge in [-0.25, -0.2) is 9.37 Å². The molecule has 2 saturated heterocycles. The molecule has 2 unspecified atom stereocenters. The average molecular weight is 381 g/mol. The third kappa shape index (κ3) is 3.97. The Labute approximate surface area is 154 Å². The number of anilines is 3. The summed E-state index contributed by atoms with van der Waals surface area (Å²) in [6.07, 6.45) is -1.15. The summed E-state index contributed by atoms with van der Waals surface area (Å²) in [5.74, 6) is 0.492. The number of hydrogen-bond acceptors (Lipinski definition) is 5. The molecule has 2 aliphatic heterocycles. The van der Waals surface area contributed by atoms with Gasteiger partial charge >= 0.3 is 6.18 Å². The largest absolute Gasteiger partial charge is 0.401 e. The minimum absolute atomic E-state index is 0.155. The van der Waals surface area contributed by atoms with Crippen molar-refractivity contribution in [3.63, 3.8) is 0 Å². The molecule has 3 heterocycles. The maximum atomic E-state index is 13.8. The number of benzene rings is 1. The minimum atomic E-state index is -4.19. The number of nitrogens with zero attached hydrogens (tertiary/aromatic N) is 4. The highest BCUT2D eigenvalue weighted by Gasteiger charge is 2.45. The number of alkyl halides is 3. The van der Waals surface area contributed by atoms with Crippen molar-refractivity contribution in [3.05, 3.63) is 42.3 Å². The molecule has 0 radical (unpaired) electrons. The lowest BCUT2D eigenvalue weighted by Gasteiger charge is -2.41. The lowest BCUT2D eigenvalue weighted by molar-refractivity contribution is -0.153. The molecule has 2 fully saturated rings. The van der Waals surface area contributed by atoms with Crippen LogP contribution >= 0.6 is 0 Å². The minimum Gasteiger partial charge on any atom is -0.338 e. The lowest BCUT2D eigenvalue weighted by Crippen LogP contribution is -2.56. The Morgan fingerprint density at radius 1 is 1.07 bits per heavy atom. The zero-order valence-corrected chi connectivity index (χ0v) is 14.5. The van der Waals surface area contributed by atoms with Crippen LogP contribution in [0.25, 0.3) is 0 Å². The van der Waals surface area contributed by atoms with Gasteiger partial charge in [-0.1, -0.05) is 12.1 Å². The number of hydrogen-bond donors (Lipinski definition) is 1. The van der Waals surface area contributed by atoms with E-state index in [1.807, 2.05) is 4.90 Å². The molecule has 0 aliphatic carbocycles. The molecular formula is C18H19F4N5. The molecule has 1 N–H and O–H groups in total. The van der Waals surface area contributed by atoms with Crippen LogP contribution in [0.2, 0.25) is 0 Å². The van der Waals surface area contributed by atoms with Gasteiger partial charge in [0.2, 0.25) is 5.95 Å². The molecule has 144 valence electrons. The van der Waals surface area contributed by atoms with Crippen LogP contribution in [0.4, 0.5) is 35.0 Å². The monoisotopic (exact) mass is 381 g/mol. The maximum absolute atomic E-state index is 13.8. The zero-order chi connectivity index (χ0) is 19.0. The van der Waals surface area contributed by atoms with E-state index in [1.165, 1.54) is 6.07 Å². The van der Waals surface area contributed by atoms with Crippen LogP contribution < -0.4 is 10.2 Å². The van der Waals surface area contributed by atoms with E-state index in [-0.39, 0.29) is 12.1 Å². The Hall–Kier alpha value is -2.42. The highest BCUT2D eigenvalue weighted by atomic mass is 19.4. The Morgan fingerprint density at radius 3 is 2.44 bits per heavy atom. The molecule has 2 aliphatic rings. The van der Waals surface area contributed by atoms with E-state index in [0.717, 1.165) is 12.8 Å². The highest BCUT2D eigenvalue weighted by Crippen LogP contribution is 2.34. The number of piperazine rings is 1. The summed E-state index contributed by atoms with van der Waals surface area (Å²) in [6, 6.07) is 7.58. The summed E-state index contributed by atoms with van der Waals surface area (Å²) >= 11 is 0. The third-order valence-corrected chi connectivity index (χ3v) is 5.06. The van der Waals surface area contributed by atoms with E-state index in [1.54, 1.807) is 35.4 Å². The van der Waals surface area contributed by atoms with Crippen LogP contribution in [-0.2, 0) is 0 Å². The van der Waals surface area contributed by atoms with E-state index in [9.17, 15) is 17.6 Å². The molecule has 4 rings (SSSR count). The number of para-hydroxylation sites is 1. The van der Waals surface area contributed by atoms with Gasteiger partial charge in [-0.3, -0.25) is 4.90 Å². The zero-order valence-electron chi connectivity index (χ0n) is 14.5. The summed E-state index contributed by atoms with van der Waals surface area (Å²) in [6.45, 7) is 0.0391. The SMILES string of the molecule is Fc1ccccc1Nc1ccnc(N2CC3CCC(C2)N3CC(F)(F)F)n1. The van der Waals surface area contributed by atoms with Crippen LogP contribution in [-0.4, -0.2) is 52.8 Å². The molecule has 2 atom stereocenters. The second kappa shape index (κ2) is 6.95. The summed E-state index contributed by atoms with van der Waals surface area (Å²) in [5, 5.41) is 2.92. The molecule has 0 amide bonds. The third-order valence-electron chi connectivity index (χ3n) is 5.06. The number of nitrogens with one attached hydrogen (secondary N) is 1. The molecule has 2 aromatic rings. The Bertz CT molecular complexity index is 798. The first-order chi connectivity index (χ1) is 12.9. The molecule has 9 heteroatoms. The van der Waals surface area contributed by atoms with Crippen molar-refractivity contribution in [3.8, 4) is 0 Å². The first-order valence-electron chi connectivity index (χ1n) is 8.81. The van der Waals surface area contributed by atoms with Gasteiger partial charge in [0.25, 0.3) is 0 Å². The van der Waals surface area contributed by atoms with Gasteiger partial charge in [0.05, 0.1) is 12.2 Å². The number of fused-ring (bicyclic) bond motifs is 2. The normalized spacial score (nSPS) is 22.9.